The minimum absolute atomic E-state index is 0.563. The first kappa shape index (κ1) is 6.91. The summed E-state index contributed by atoms with van der Waals surface area (Å²) < 4.78 is 5.11. The number of para-hydroxylation sites is 1. The van der Waals surface area contributed by atoms with Crippen molar-refractivity contribution >= 4 is 5.69 Å². The average Bonchev–Trinajstić information content (AvgIpc) is 2.57. The summed E-state index contributed by atoms with van der Waals surface area (Å²) in [6, 6.07) is 7.47. The number of nitrogen functional groups attached to an aromatic ring is 1. The molecule has 0 bridgehead atoms. The van der Waals surface area contributed by atoms with Gasteiger partial charge in [0.05, 0.1) is 11.8 Å². The zero-order valence-electron chi connectivity index (χ0n) is 6.40. The highest BCUT2D eigenvalue weighted by Crippen LogP contribution is 2.22. The summed E-state index contributed by atoms with van der Waals surface area (Å²) in [4.78, 5) is 4.00. The van der Waals surface area contributed by atoms with E-state index in [0.717, 1.165) is 5.56 Å². The Balaban J connectivity index is 2.55. The first-order chi connectivity index (χ1) is 5.88. The van der Waals surface area contributed by atoms with Gasteiger partial charge in [0, 0.05) is 5.69 Å². The van der Waals surface area contributed by atoms with Crippen molar-refractivity contribution < 1.29 is 4.42 Å². The lowest BCUT2D eigenvalue weighted by molar-refractivity contribution is 0.575. The van der Waals surface area contributed by atoms with Crippen LogP contribution in [0.25, 0.3) is 11.5 Å². The predicted molar refractivity (Wildman–Crippen MR) is 46.4 cm³/mol. The van der Waals surface area contributed by atoms with Crippen LogP contribution in [0.2, 0.25) is 0 Å². The number of rotatable bonds is 1. The molecule has 2 rings (SSSR count). The third-order valence-corrected chi connectivity index (χ3v) is 1.62. The van der Waals surface area contributed by atoms with Crippen LogP contribution in [0.1, 0.15) is 0 Å². The van der Waals surface area contributed by atoms with Gasteiger partial charge in [0.1, 0.15) is 6.26 Å². The normalized spacial score (nSPS) is 10.0. The van der Waals surface area contributed by atoms with E-state index in [1.165, 1.54) is 6.26 Å². The van der Waals surface area contributed by atoms with E-state index in [0.29, 0.717) is 11.6 Å². The van der Waals surface area contributed by atoms with E-state index in [2.05, 4.69) is 4.98 Å². The zero-order chi connectivity index (χ0) is 8.39. The highest BCUT2D eigenvalue weighted by Gasteiger charge is 2.04. The molecule has 1 heterocycles. The summed E-state index contributed by atoms with van der Waals surface area (Å²) in [6.07, 6.45) is 3.13. The molecule has 12 heavy (non-hydrogen) atoms. The molecule has 0 saturated carbocycles. The molecule has 0 aliphatic carbocycles. The molecule has 0 fully saturated rings. The second-order valence-corrected chi connectivity index (χ2v) is 2.42. The number of nitrogens with zero attached hydrogens (tertiary/aromatic N) is 1. The fraction of sp³-hybridized carbons (Fsp3) is 0. The smallest absolute Gasteiger partial charge is 0.227 e. The molecule has 3 nitrogen and oxygen atoms in total. The number of oxazole rings is 1. The van der Waals surface area contributed by atoms with Crippen molar-refractivity contribution in [2.45, 2.75) is 0 Å². The molecule has 2 N–H and O–H groups in total. The van der Waals surface area contributed by atoms with Crippen LogP contribution in [0, 0.1) is 0 Å². The Kier molecular flexibility index (Phi) is 1.55. The number of benzene rings is 1. The van der Waals surface area contributed by atoms with Crippen LogP contribution in [0.4, 0.5) is 5.69 Å². The molecular formula is C9H8N2O. The van der Waals surface area contributed by atoms with Crippen LogP contribution in [0.3, 0.4) is 0 Å². The van der Waals surface area contributed by atoms with Gasteiger partial charge in [-0.2, -0.15) is 0 Å². The molecular weight excluding hydrogens is 152 g/mol. The maximum atomic E-state index is 5.71. The van der Waals surface area contributed by atoms with Crippen molar-refractivity contribution in [1.29, 1.82) is 0 Å². The van der Waals surface area contributed by atoms with Crippen molar-refractivity contribution in [2.75, 3.05) is 5.73 Å². The van der Waals surface area contributed by atoms with Crippen LogP contribution in [-0.4, -0.2) is 4.98 Å². The van der Waals surface area contributed by atoms with E-state index in [1.54, 1.807) is 6.20 Å². The van der Waals surface area contributed by atoms with Crippen molar-refractivity contribution in [3.63, 3.8) is 0 Å². The molecule has 1 aromatic carbocycles. The number of hydrogen-bond acceptors (Lipinski definition) is 3. The third kappa shape index (κ3) is 1.05. The second kappa shape index (κ2) is 2.70. The summed E-state index contributed by atoms with van der Waals surface area (Å²) in [5, 5.41) is 0. The molecule has 60 valence electrons. The van der Waals surface area contributed by atoms with Crippen LogP contribution in [-0.2, 0) is 0 Å². The average molecular weight is 160 g/mol. The molecule has 0 spiro atoms. The molecule has 2 aromatic rings. The molecule has 0 atom stereocenters. The highest BCUT2D eigenvalue weighted by atomic mass is 16.3. The first-order valence-electron chi connectivity index (χ1n) is 3.62. The molecule has 0 aliphatic rings. The zero-order valence-corrected chi connectivity index (χ0v) is 6.40. The van der Waals surface area contributed by atoms with E-state index in [-0.39, 0.29) is 0 Å². The van der Waals surface area contributed by atoms with Gasteiger partial charge < -0.3 is 10.2 Å². The van der Waals surface area contributed by atoms with Crippen molar-refractivity contribution in [3.8, 4) is 11.5 Å². The van der Waals surface area contributed by atoms with Gasteiger partial charge in [0.25, 0.3) is 0 Å². The topological polar surface area (TPSA) is 52.0 Å². The molecule has 0 amide bonds. The van der Waals surface area contributed by atoms with E-state index < -0.39 is 0 Å². The Hall–Kier alpha value is -1.77. The lowest BCUT2D eigenvalue weighted by Gasteiger charge is -1.98. The van der Waals surface area contributed by atoms with Crippen molar-refractivity contribution in [1.82, 2.24) is 4.98 Å². The third-order valence-electron chi connectivity index (χ3n) is 1.62. The minimum atomic E-state index is 0.563. The monoisotopic (exact) mass is 160 g/mol. The van der Waals surface area contributed by atoms with E-state index >= 15 is 0 Å². The number of nitrogens with two attached hydrogens (primary N) is 1. The van der Waals surface area contributed by atoms with Crippen molar-refractivity contribution in [3.05, 3.63) is 36.7 Å². The van der Waals surface area contributed by atoms with Gasteiger partial charge in [-0.1, -0.05) is 12.1 Å². The van der Waals surface area contributed by atoms with Gasteiger partial charge >= 0.3 is 0 Å². The minimum Gasteiger partial charge on any atom is -0.444 e. The van der Waals surface area contributed by atoms with Crippen LogP contribution in [0.5, 0.6) is 0 Å². The maximum Gasteiger partial charge on any atom is 0.227 e. The van der Waals surface area contributed by atoms with Gasteiger partial charge in [-0.3, -0.25) is 0 Å². The SMILES string of the molecule is Nc1ccccc1-c1ncco1. The summed E-state index contributed by atoms with van der Waals surface area (Å²) in [5.41, 5.74) is 7.23. The maximum absolute atomic E-state index is 5.71. The molecule has 0 saturated heterocycles. The summed E-state index contributed by atoms with van der Waals surface area (Å²) >= 11 is 0. The summed E-state index contributed by atoms with van der Waals surface area (Å²) in [7, 11) is 0. The highest BCUT2D eigenvalue weighted by molar-refractivity contribution is 5.69. The quantitative estimate of drug-likeness (QED) is 0.648. The van der Waals surface area contributed by atoms with Gasteiger partial charge in [-0.25, -0.2) is 4.98 Å². The molecule has 1 aromatic heterocycles. The molecule has 0 radical (unpaired) electrons. The Morgan fingerprint density at radius 3 is 2.75 bits per heavy atom. The van der Waals surface area contributed by atoms with Gasteiger partial charge in [-0.05, 0) is 12.1 Å². The summed E-state index contributed by atoms with van der Waals surface area (Å²) in [5.74, 6) is 0.563. The predicted octanol–water partition coefficient (Wildman–Crippen LogP) is 1.92. The fourth-order valence-electron chi connectivity index (χ4n) is 1.05. The Labute approximate surface area is 69.8 Å². The number of hydrogen-bond donors (Lipinski definition) is 1. The van der Waals surface area contributed by atoms with Crippen LogP contribution >= 0.6 is 0 Å². The summed E-state index contributed by atoms with van der Waals surface area (Å²) in [6.45, 7) is 0. The molecule has 0 aliphatic heterocycles. The van der Waals surface area contributed by atoms with Gasteiger partial charge in [-0.15, -0.1) is 0 Å². The lowest BCUT2D eigenvalue weighted by Crippen LogP contribution is -1.88. The fourth-order valence-corrected chi connectivity index (χ4v) is 1.05. The van der Waals surface area contributed by atoms with Crippen molar-refractivity contribution in [2.24, 2.45) is 0 Å². The van der Waals surface area contributed by atoms with Crippen LogP contribution in [0.15, 0.2) is 41.1 Å². The van der Waals surface area contributed by atoms with Gasteiger partial charge in [0.15, 0.2) is 0 Å². The van der Waals surface area contributed by atoms with E-state index in [4.69, 9.17) is 10.2 Å². The van der Waals surface area contributed by atoms with Crippen LogP contribution < -0.4 is 5.73 Å². The molecule has 3 heteroatoms. The number of anilines is 1. The standard InChI is InChI=1S/C9H8N2O/c10-8-4-2-1-3-7(8)9-11-5-6-12-9/h1-6H,10H2. The molecule has 0 unspecified atom stereocenters. The first-order valence-corrected chi connectivity index (χ1v) is 3.62. The van der Waals surface area contributed by atoms with E-state index in [9.17, 15) is 0 Å². The second-order valence-electron chi connectivity index (χ2n) is 2.42. The lowest BCUT2D eigenvalue weighted by atomic mass is 10.2. The largest absolute Gasteiger partial charge is 0.444 e. The van der Waals surface area contributed by atoms with Gasteiger partial charge in [0.2, 0.25) is 5.89 Å². The Morgan fingerprint density at radius 1 is 1.25 bits per heavy atom. The Morgan fingerprint density at radius 2 is 2.08 bits per heavy atom. The van der Waals surface area contributed by atoms with E-state index in [1.807, 2.05) is 24.3 Å². The number of aromatic nitrogens is 1. The Bertz CT molecular complexity index is 368.